The summed E-state index contributed by atoms with van der Waals surface area (Å²) in [6.45, 7) is 1.96. The Hall–Kier alpha value is -1.33. The Morgan fingerprint density at radius 3 is 2.55 bits per heavy atom. The molecular weight excluding hydrogens is 386 g/mol. The normalized spacial score (nSPS) is 11.9. The maximum atomic E-state index is 11.5. The number of rotatable bonds is 4. The first-order valence-corrected chi connectivity index (χ1v) is 7.57. The van der Waals surface area contributed by atoms with Gasteiger partial charge in [-0.3, -0.25) is 0 Å². The van der Waals surface area contributed by atoms with Crippen molar-refractivity contribution in [2.75, 3.05) is 5.32 Å². The number of halogens is 2. The summed E-state index contributed by atoms with van der Waals surface area (Å²) in [4.78, 5) is 11.5. The van der Waals surface area contributed by atoms with Crippen molar-refractivity contribution in [2.24, 2.45) is 0 Å². The maximum absolute atomic E-state index is 11.5. The molecule has 104 valence electrons. The van der Waals surface area contributed by atoms with Crippen LogP contribution < -0.4 is 5.32 Å². The van der Waals surface area contributed by atoms with Crippen molar-refractivity contribution < 1.29 is 9.90 Å². The number of anilines is 1. The van der Waals surface area contributed by atoms with Crippen molar-refractivity contribution in [3.05, 3.63) is 62.5 Å². The monoisotopic (exact) mass is 397 g/mol. The fourth-order valence-electron chi connectivity index (χ4n) is 1.88. The minimum atomic E-state index is -0.922. The van der Waals surface area contributed by atoms with Crippen LogP contribution in [-0.4, -0.2) is 11.1 Å². The molecule has 0 aliphatic heterocycles. The molecule has 2 aromatic carbocycles. The summed E-state index contributed by atoms with van der Waals surface area (Å²) in [6, 6.07) is 12.3. The maximum Gasteiger partial charge on any atom is 0.330 e. The van der Waals surface area contributed by atoms with E-state index in [1.54, 1.807) is 0 Å². The van der Waals surface area contributed by atoms with Crippen LogP contribution in [0.25, 0.3) is 0 Å². The number of benzene rings is 2. The van der Waals surface area contributed by atoms with Gasteiger partial charge in [0.2, 0.25) is 0 Å². The van der Waals surface area contributed by atoms with Gasteiger partial charge in [-0.05, 0) is 42.3 Å². The second-order valence-electron chi connectivity index (χ2n) is 4.45. The zero-order valence-electron chi connectivity index (χ0n) is 10.7. The Morgan fingerprint density at radius 2 is 1.95 bits per heavy atom. The average Bonchev–Trinajstić information content (AvgIpc) is 2.36. The summed E-state index contributed by atoms with van der Waals surface area (Å²) in [5, 5.41) is 12.5. The summed E-state index contributed by atoms with van der Waals surface area (Å²) in [5.74, 6) is -0.922. The Bertz CT molecular complexity index is 644. The van der Waals surface area contributed by atoms with Gasteiger partial charge in [0.25, 0.3) is 0 Å². The third-order valence-corrected chi connectivity index (χ3v) is 4.03. The van der Waals surface area contributed by atoms with E-state index in [2.05, 4.69) is 37.2 Å². The first-order chi connectivity index (χ1) is 9.47. The topological polar surface area (TPSA) is 49.3 Å². The van der Waals surface area contributed by atoms with Crippen molar-refractivity contribution >= 4 is 43.5 Å². The lowest BCUT2D eigenvalue weighted by Crippen LogP contribution is -2.21. The van der Waals surface area contributed by atoms with E-state index in [-0.39, 0.29) is 0 Å². The lowest BCUT2D eigenvalue weighted by molar-refractivity contribution is -0.138. The molecule has 0 amide bonds. The summed E-state index contributed by atoms with van der Waals surface area (Å²) in [7, 11) is 0. The number of hydrogen-bond acceptors (Lipinski definition) is 2. The van der Waals surface area contributed by atoms with Gasteiger partial charge >= 0.3 is 5.97 Å². The summed E-state index contributed by atoms with van der Waals surface area (Å²) in [5.41, 5.74) is 2.52. The van der Waals surface area contributed by atoms with Crippen LogP contribution in [0.3, 0.4) is 0 Å². The Kier molecular flexibility index (Phi) is 4.83. The number of aryl methyl sites for hydroxylation is 1. The molecule has 20 heavy (non-hydrogen) atoms. The predicted octanol–water partition coefficient (Wildman–Crippen LogP) is 4.76. The van der Waals surface area contributed by atoms with Crippen LogP contribution in [0, 0.1) is 6.92 Å². The highest BCUT2D eigenvalue weighted by atomic mass is 79.9. The van der Waals surface area contributed by atoms with E-state index in [0.29, 0.717) is 5.56 Å². The Labute approximate surface area is 134 Å². The van der Waals surface area contributed by atoms with E-state index in [1.807, 2.05) is 49.4 Å². The highest BCUT2D eigenvalue weighted by Crippen LogP contribution is 2.28. The van der Waals surface area contributed by atoms with Gasteiger partial charge in [-0.1, -0.05) is 50.1 Å². The molecule has 2 N–H and O–H groups in total. The molecule has 1 unspecified atom stereocenters. The third kappa shape index (κ3) is 3.61. The van der Waals surface area contributed by atoms with Crippen LogP contribution in [0.2, 0.25) is 0 Å². The third-order valence-electron chi connectivity index (χ3n) is 2.85. The molecule has 0 saturated carbocycles. The molecule has 3 nitrogen and oxygen atoms in total. The van der Waals surface area contributed by atoms with Gasteiger partial charge in [0.05, 0.1) is 0 Å². The fraction of sp³-hybridized carbons (Fsp3) is 0.133. The molecule has 0 saturated heterocycles. The first-order valence-electron chi connectivity index (χ1n) is 5.98. The fourth-order valence-corrected chi connectivity index (χ4v) is 3.01. The van der Waals surface area contributed by atoms with Crippen LogP contribution in [0.5, 0.6) is 0 Å². The lowest BCUT2D eigenvalue weighted by atomic mass is 10.0. The van der Waals surface area contributed by atoms with Gasteiger partial charge < -0.3 is 10.4 Å². The highest BCUT2D eigenvalue weighted by molar-refractivity contribution is 9.10. The molecule has 0 radical (unpaired) electrons. The molecule has 0 spiro atoms. The Morgan fingerprint density at radius 1 is 1.20 bits per heavy atom. The minimum absolute atomic E-state index is 0.697. The summed E-state index contributed by atoms with van der Waals surface area (Å²) in [6.07, 6.45) is 0. The van der Waals surface area contributed by atoms with Crippen molar-refractivity contribution in [1.29, 1.82) is 0 Å². The smallest absolute Gasteiger partial charge is 0.330 e. The predicted molar refractivity (Wildman–Crippen MR) is 87.0 cm³/mol. The zero-order valence-corrected chi connectivity index (χ0v) is 13.9. The van der Waals surface area contributed by atoms with Crippen molar-refractivity contribution in [1.82, 2.24) is 0 Å². The number of aliphatic carboxylic acids is 1. The van der Waals surface area contributed by atoms with Gasteiger partial charge in [0.1, 0.15) is 0 Å². The van der Waals surface area contributed by atoms with E-state index in [1.165, 1.54) is 0 Å². The zero-order chi connectivity index (χ0) is 14.7. The molecule has 0 bridgehead atoms. The standard InChI is InChI=1S/C15H13Br2NO2/c1-9-5-6-12(13(17)7-9)14(15(19)20)18-11-4-2-3-10(16)8-11/h2-8,14,18H,1H3,(H,19,20). The molecule has 5 heteroatoms. The quantitative estimate of drug-likeness (QED) is 0.780. The van der Waals surface area contributed by atoms with E-state index < -0.39 is 12.0 Å². The molecule has 0 aliphatic carbocycles. The van der Waals surface area contributed by atoms with Crippen molar-refractivity contribution in [3.63, 3.8) is 0 Å². The van der Waals surface area contributed by atoms with Crippen LogP contribution in [-0.2, 0) is 4.79 Å². The molecule has 1 atom stereocenters. The van der Waals surface area contributed by atoms with E-state index in [0.717, 1.165) is 20.2 Å². The molecule has 0 fully saturated rings. The number of nitrogens with one attached hydrogen (secondary N) is 1. The van der Waals surface area contributed by atoms with Crippen LogP contribution >= 0.6 is 31.9 Å². The largest absolute Gasteiger partial charge is 0.479 e. The lowest BCUT2D eigenvalue weighted by Gasteiger charge is -2.18. The molecule has 0 aliphatic rings. The van der Waals surface area contributed by atoms with E-state index >= 15 is 0 Å². The number of carboxylic acids is 1. The van der Waals surface area contributed by atoms with Crippen molar-refractivity contribution in [3.8, 4) is 0 Å². The van der Waals surface area contributed by atoms with Gasteiger partial charge in [0, 0.05) is 14.6 Å². The van der Waals surface area contributed by atoms with Gasteiger partial charge in [-0.2, -0.15) is 0 Å². The molecule has 0 heterocycles. The molecular formula is C15H13Br2NO2. The average molecular weight is 399 g/mol. The van der Waals surface area contributed by atoms with Gasteiger partial charge in [-0.25, -0.2) is 4.79 Å². The summed E-state index contributed by atoms with van der Waals surface area (Å²) >= 11 is 6.80. The van der Waals surface area contributed by atoms with Crippen LogP contribution in [0.15, 0.2) is 51.4 Å². The van der Waals surface area contributed by atoms with Crippen LogP contribution in [0.4, 0.5) is 5.69 Å². The minimum Gasteiger partial charge on any atom is -0.479 e. The number of carboxylic acid groups (broad SMARTS) is 1. The number of carbonyl (C=O) groups is 1. The molecule has 0 aromatic heterocycles. The molecule has 2 rings (SSSR count). The van der Waals surface area contributed by atoms with Gasteiger partial charge in [0.15, 0.2) is 6.04 Å². The van der Waals surface area contributed by atoms with E-state index in [9.17, 15) is 9.90 Å². The second kappa shape index (κ2) is 6.41. The van der Waals surface area contributed by atoms with Gasteiger partial charge in [-0.15, -0.1) is 0 Å². The Balaban J connectivity index is 2.34. The van der Waals surface area contributed by atoms with Crippen LogP contribution in [0.1, 0.15) is 17.2 Å². The molecule has 2 aromatic rings. The summed E-state index contributed by atoms with van der Waals surface area (Å²) < 4.78 is 1.68. The van der Waals surface area contributed by atoms with Crippen molar-refractivity contribution in [2.45, 2.75) is 13.0 Å². The van der Waals surface area contributed by atoms with E-state index in [4.69, 9.17) is 0 Å². The first kappa shape index (κ1) is 15.1. The second-order valence-corrected chi connectivity index (χ2v) is 6.22. The highest BCUT2D eigenvalue weighted by Gasteiger charge is 2.22. The SMILES string of the molecule is Cc1ccc(C(Nc2cccc(Br)c2)C(=O)O)c(Br)c1. The number of hydrogen-bond donors (Lipinski definition) is 2.